The van der Waals surface area contributed by atoms with Crippen LogP contribution in [0.25, 0.3) is 0 Å². The first-order chi connectivity index (χ1) is 13.8. The largest absolute Gasteiger partial charge is 0.376 e. The third kappa shape index (κ3) is 6.48. The molecule has 0 aromatic carbocycles. The van der Waals surface area contributed by atoms with Crippen molar-refractivity contribution in [2.45, 2.75) is 71.0 Å². The highest BCUT2D eigenvalue weighted by Crippen LogP contribution is 2.18. The summed E-state index contributed by atoms with van der Waals surface area (Å²) < 4.78 is 11.9. The van der Waals surface area contributed by atoms with E-state index in [4.69, 9.17) is 14.5 Å². The molecule has 3 heterocycles. The van der Waals surface area contributed by atoms with Gasteiger partial charge < -0.3 is 19.7 Å². The summed E-state index contributed by atoms with van der Waals surface area (Å²) in [5.74, 6) is 1.04. The van der Waals surface area contributed by atoms with Gasteiger partial charge in [0.2, 0.25) is 0 Å². The molecule has 0 aliphatic carbocycles. The zero-order valence-electron chi connectivity index (χ0n) is 17.6. The number of nitrogens with one attached hydrogen (secondary N) is 2. The Bertz CT molecular complexity index is 589. The number of H-pyrrole nitrogens is 1. The van der Waals surface area contributed by atoms with Gasteiger partial charge in [-0.15, -0.1) is 0 Å². The van der Waals surface area contributed by atoms with Crippen LogP contribution < -0.4 is 5.32 Å². The first kappa shape index (κ1) is 21.1. The predicted molar refractivity (Wildman–Crippen MR) is 112 cm³/mol. The first-order valence-electron chi connectivity index (χ1n) is 11.0. The van der Waals surface area contributed by atoms with Gasteiger partial charge in [-0.1, -0.05) is 0 Å². The Balaban J connectivity index is 1.38. The lowest BCUT2D eigenvalue weighted by Crippen LogP contribution is -2.47. The number of nitrogens with zero attached hydrogens (tertiary/aromatic N) is 3. The molecular weight excluding hydrogens is 354 g/mol. The van der Waals surface area contributed by atoms with E-state index in [1.54, 1.807) is 0 Å². The van der Waals surface area contributed by atoms with Crippen LogP contribution in [0, 0.1) is 6.92 Å². The van der Waals surface area contributed by atoms with Crippen LogP contribution in [0.5, 0.6) is 0 Å². The maximum atomic E-state index is 6.14. The van der Waals surface area contributed by atoms with Gasteiger partial charge in [0.15, 0.2) is 5.96 Å². The Hall–Kier alpha value is -1.60. The summed E-state index contributed by atoms with van der Waals surface area (Å²) >= 11 is 0. The van der Waals surface area contributed by atoms with Crippen molar-refractivity contribution in [1.29, 1.82) is 0 Å². The van der Waals surface area contributed by atoms with Crippen LogP contribution in [0.3, 0.4) is 0 Å². The summed E-state index contributed by atoms with van der Waals surface area (Å²) in [7, 11) is 0. The van der Waals surface area contributed by atoms with Gasteiger partial charge in [-0.2, -0.15) is 5.10 Å². The van der Waals surface area contributed by atoms with Crippen LogP contribution >= 0.6 is 0 Å². The molecule has 0 spiro atoms. The van der Waals surface area contributed by atoms with E-state index in [0.29, 0.717) is 12.2 Å². The van der Waals surface area contributed by atoms with Crippen molar-refractivity contribution in [3.8, 4) is 0 Å². The lowest BCUT2D eigenvalue weighted by Gasteiger charge is -2.35. The highest BCUT2D eigenvalue weighted by atomic mass is 16.5. The van der Waals surface area contributed by atoms with Gasteiger partial charge in [0.1, 0.15) is 0 Å². The standard InChI is InChI=1S/C21H37N5O2/c1-3-22-21(23-11-6-7-18-15-24-25-17(18)2)26-12-9-19(10-13-26)28-16-20-8-4-5-14-27-20/h15,19-20H,3-14,16H2,1-2H3,(H,22,23)(H,24,25). The van der Waals surface area contributed by atoms with Crippen molar-refractivity contribution < 1.29 is 9.47 Å². The minimum absolute atomic E-state index is 0.310. The zero-order chi connectivity index (χ0) is 19.6. The van der Waals surface area contributed by atoms with E-state index in [1.165, 1.54) is 18.4 Å². The van der Waals surface area contributed by atoms with Gasteiger partial charge in [-0.25, -0.2) is 0 Å². The van der Waals surface area contributed by atoms with Crippen molar-refractivity contribution in [1.82, 2.24) is 20.4 Å². The van der Waals surface area contributed by atoms with Gasteiger partial charge >= 0.3 is 0 Å². The summed E-state index contributed by atoms with van der Waals surface area (Å²) in [5, 5.41) is 10.5. The molecule has 7 nitrogen and oxygen atoms in total. The predicted octanol–water partition coefficient (Wildman–Crippen LogP) is 2.67. The Labute approximate surface area is 169 Å². The fourth-order valence-corrected chi connectivity index (χ4v) is 3.92. The molecule has 2 saturated heterocycles. The minimum Gasteiger partial charge on any atom is -0.376 e. The van der Waals surface area contributed by atoms with Crippen molar-refractivity contribution in [3.05, 3.63) is 17.5 Å². The topological polar surface area (TPSA) is 74.8 Å². The van der Waals surface area contributed by atoms with Crippen LogP contribution in [-0.4, -0.2) is 72.7 Å². The number of ether oxygens (including phenoxy) is 2. The molecule has 2 N–H and O–H groups in total. The maximum Gasteiger partial charge on any atom is 0.193 e. The monoisotopic (exact) mass is 391 g/mol. The fourth-order valence-electron chi connectivity index (χ4n) is 3.92. The summed E-state index contributed by atoms with van der Waals surface area (Å²) in [6, 6.07) is 0. The molecule has 1 aromatic rings. The summed E-state index contributed by atoms with van der Waals surface area (Å²) in [6.45, 7) is 9.59. The van der Waals surface area contributed by atoms with Gasteiger partial charge in [0.25, 0.3) is 0 Å². The lowest BCUT2D eigenvalue weighted by atomic mass is 10.1. The number of hydrogen-bond donors (Lipinski definition) is 2. The number of hydrogen-bond acceptors (Lipinski definition) is 4. The highest BCUT2D eigenvalue weighted by Gasteiger charge is 2.23. The van der Waals surface area contributed by atoms with Crippen molar-refractivity contribution in [2.75, 3.05) is 39.4 Å². The van der Waals surface area contributed by atoms with Crippen LogP contribution in [0.2, 0.25) is 0 Å². The molecular formula is C21H37N5O2. The summed E-state index contributed by atoms with van der Waals surface area (Å²) in [5.41, 5.74) is 2.46. The van der Waals surface area contributed by atoms with Crippen LogP contribution in [0.15, 0.2) is 11.2 Å². The number of likely N-dealkylation sites (tertiary alicyclic amines) is 1. The molecule has 0 bridgehead atoms. The van der Waals surface area contributed by atoms with Crippen molar-refractivity contribution in [3.63, 3.8) is 0 Å². The smallest absolute Gasteiger partial charge is 0.193 e. The molecule has 7 heteroatoms. The average Bonchev–Trinajstić information content (AvgIpc) is 3.15. The Morgan fingerprint density at radius 3 is 2.89 bits per heavy atom. The maximum absolute atomic E-state index is 6.14. The van der Waals surface area contributed by atoms with E-state index < -0.39 is 0 Å². The zero-order valence-corrected chi connectivity index (χ0v) is 17.6. The molecule has 0 saturated carbocycles. The Morgan fingerprint density at radius 2 is 2.21 bits per heavy atom. The van der Waals surface area contributed by atoms with E-state index in [9.17, 15) is 0 Å². The molecule has 0 amide bonds. The number of aryl methyl sites for hydroxylation is 2. The molecule has 2 fully saturated rings. The number of aliphatic imine (C=N–C) groups is 1. The number of guanidine groups is 1. The summed E-state index contributed by atoms with van der Waals surface area (Å²) in [6.07, 6.45) is 10.4. The third-order valence-corrected chi connectivity index (χ3v) is 5.67. The normalized spacial score (nSPS) is 21.9. The molecule has 1 atom stereocenters. The van der Waals surface area contributed by atoms with E-state index in [2.05, 4.69) is 34.3 Å². The van der Waals surface area contributed by atoms with Gasteiger partial charge in [0, 0.05) is 38.5 Å². The van der Waals surface area contributed by atoms with Gasteiger partial charge in [-0.3, -0.25) is 10.1 Å². The average molecular weight is 392 g/mol. The Morgan fingerprint density at radius 1 is 1.36 bits per heavy atom. The number of rotatable bonds is 8. The highest BCUT2D eigenvalue weighted by molar-refractivity contribution is 5.80. The van der Waals surface area contributed by atoms with E-state index >= 15 is 0 Å². The minimum atomic E-state index is 0.310. The SMILES string of the molecule is CCNC(=NCCCc1cn[nH]c1C)N1CCC(OCC2CCCCO2)CC1. The van der Waals surface area contributed by atoms with E-state index in [1.807, 2.05) is 6.20 Å². The van der Waals surface area contributed by atoms with Crippen molar-refractivity contribution >= 4 is 5.96 Å². The van der Waals surface area contributed by atoms with E-state index in [-0.39, 0.29) is 0 Å². The molecule has 3 rings (SSSR count). The van der Waals surface area contributed by atoms with Crippen LogP contribution in [-0.2, 0) is 15.9 Å². The summed E-state index contributed by atoms with van der Waals surface area (Å²) in [4.78, 5) is 7.23. The van der Waals surface area contributed by atoms with E-state index in [0.717, 1.165) is 83.2 Å². The third-order valence-electron chi connectivity index (χ3n) is 5.67. The number of aromatic nitrogens is 2. The molecule has 28 heavy (non-hydrogen) atoms. The molecule has 158 valence electrons. The lowest BCUT2D eigenvalue weighted by molar-refractivity contribution is -0.0721. The molecule has 2 aliphatic heterocycles. The molecule has 2 aliphatic rings. The number of aromatic amines is 1. The number of piperidine rings is 1. The second kappa shape index (κ2) is 11.4. The fraction of sp³-hybridized carbons (Fsp3) is 0.810. The molecule has 0 radical (unpaired) electrons. The quantitative estimate of drug-likeness (QED) is 0.405. The van der Waals surface area contributed by atoms with Gasteiger partial charge in [0.05, 0.1) is 25.0 Å². The van der Waals surface area contributed by atoms with Crippen molar-refractivity contribution in [2.24, 2.45) is 4.99 Å². The van der Waals surface area contributed by atoms with Gasteiger partial charge in [-0.05, 0) is 64.4 Å². The molecule has 1 unspecified atom stereocenters. The second-order valence-electron chi connectivity index (χ2n) is 7.87. The molecule has 1 aromatic heterocycles. The first-order valence-corrected chi connectivity index (χ1v) is 11.0. The van der Waals surface area contributed by atoms with Crippen LogP contribution in [0.4, 0.5) is 0 Å². The second-order valence-corrected chi connectivity index (χ2v) is 7.87. The van der Waals surface area contributed by atoms with Crippen LogP contribution in [0.1, 0.15) is 56.7 Å². The Kier molecular flexibility index (Phi) is 8.61.